The molecular weight excluding hydrogens is 301 g/mol. The van der Waals surface area contributed by atoms with Crippen LogP contribution in [0.3, 0.4) is 0 Å². The van der Waals surface area contributed by atoms with Crippen LogP contribution in [-0.4, -0.2) is 29.4 Å². The molecule has 1 atom stereocenters. The summed E-state index contributed by atoms with van der Waals surface area (Å²) in [5.41, 5.74) is 0.251. The normalized spacial score (nSPS) is 12.9. The van der Waals surface area contributed by atoms with Crippen LogP contribution in [0.5, 0.6) is 0 Å². The molecule has 112 valence electrons. The summed E-state index contributed by atoms with van der Waals surface area (Å²) in [6.45, 7) is 5.12. The number of nitrogens with one attached hydrogen (secondary N) is 1. The summed E-state index contributed by atoms with van der Waals surface area (Å²) in [7, 11) is 0. The van der Waals surface area contributed by atoms with Gasteiger partial charge in [-0.15, -0.1) is 0 Å². The van der Waals surface area contributed by atoms with Gasteiger partial charge in [-0.2, -0.15) is 0 Å². The molecule has 1 rings (SSSR count). The van der Waals surface area contributed by atoms with Crippen LogP contribution in [0.2, 0.25) is 10.0 Å². The van der Waals surface area contributed by atoms with Gasteiger partial charge < -0.3 is 15.2 Å². The van der Waals surface area contributed by atoms with E-state index in [-0.39, 0.29) is 6.61 Å². The van der Waals surface area contributed by atoms with Crippen LogP contribution < -0.4 is 5.32 Å². The highest BCUT2D eigenvalue weighted by Gasteiger charge is 2.19. The smallest absolute Gasteiger partial charge is 0.407 e. The van der Waals surface area contributed by atoms with E-state index in [1.165, 1.54) is 0 Å². The van der Waals surface area contributed by atoms with Crippen molar-refractivity contribution in [2.45, 2.75) is 38.8 Å². The van der Waals surface area contributed by atoms with Crippen LogP contribution >= 0.6 is 23.2 Å². The number of amides is 1. The zero-order valence-corrected chi connectivity index (χ0v) is 13.3. The molecule has 0 saturated heterocycles. The number of hydrogen-bond donors (Lipinski definition) is 2. The van der Waals surface area contributed by atoms with Crippen molar-refractivity contribution >= 4 is 29.3 Å². The first kappa shape index (κ1) is 17.1. The van der Waals surface area contributed by atoms with Gasteiger partial charge >= 0.3 is 6.09 Å². The Kier molecular flexibility index (Phi) is 6.11. The van der Waals surface area contributed by atoms with Crippen LogP contribution in [0.4, 0.5) is 4.79 Å². The van der Waals surface area contributed by atoms with Crippen molar-refractivity contribution in [1.29, 1.82) is 0 Å². The second-order valence-corrected chi connectivity index (χ2v) is 6.38. The molecule has 1 aromatic rings. The molecule has 0 unspecified atom stereocenters. The molecule has 0 aliphatic carbocycles. The Hall–Kier alpha value is -0.970. The van der Waals surface area contributed by atoms with E-state index in [4.69, 9.17) is 27.9 Å². The van der Waals surface area contributed by atoms with Crippen LogP contribution in [0.1, 0.15) is 26.3 Å². The van der Waals surface area contributed by atoms with Crippen molar-refractivity contribution in [3.05, 3.63) is 33.8 Å². The van der Waals surface area contributed by atoms with Gasteiger partial charge in [-0.05, 0) is 51.0 Å². The summed E-state index contributed by atoms with van der Waals surface area (Å²) in [6.07, 6.45) is -0.152. The number of benzene rings is 1. The first-order chi connectivity index (χ1) is 9.19. The molecular formula is C14H19Cl2NO3. The topological polar surface area (TPSA) is 58.6 Å². The highest BCUT2D eigenvalue weighted by atomic mass is 35.5. The van der Waals surface area contributed by atoms with E-state index < -0.39 is 17.7 Å². The van der Waals surface area contributed by atoms with Crippen LogP contribution in [-0.2, 0) is 11.2 Å². The standard InChI is InChI=1S/C14H19Cl2NO3/c1-14(2,3)20-13(19)17-12(8-18)6-9-4-10(15)7-11(16)5-9/h4-5,7,12,18H,6,8H2,1-3H3,(H,17,19)/t12-/m0/s1. The predicted octanol–water partition coefficient (Wildman–Crippen LogP) is 3.42. The highest BCUT2D eigenvalue weighted by molar-refractivity contribution is 6.34. The SMILES string of the molecule is CC(C)(C)OC(=O)N[C@H](CO)Cc1cc(Cl)cc(Cl)c1. The lowest BCUT2D eigenvalue weighted by atomic mass is 10.1. The number of carbonyl (C=O) groups is 1. The van der Waals surface area contributed by atoms with Crippen molar-refractivity contribution < 1.29 is 14.6 Å². The second kappa shape index (κ2) is 7.16. The summed E-state index contributed by atoms with van der Waals surface area (Å²) in [6, 6.07) is 4.65. The van der Waals surface area contributed by atoms with Gasteiger partial charge in [-0.3, -0.25) is 0 Å². The number of halogens is 2. The highest BCUT2D eigenvalue weighted by Crippen LogP contribution is 2.20. The molecule has 2 N–H and O–H groups in total. The second-order valence-electron chi connectivity index (χ2n) is 5.51. The van der Waals surface area contributed by atoms with Gasteiger partial charge in [-0.1, -0.05) is 23.2 Å². The fourth-order valence-electron chi connectivity index (χ4n) is 1.65. The van der Waals surface area contributed by atoms with Crippen molar-refractivity contribution in [1.82, 2.24) is 5.32 Å². The molecule has 4 nitrogen and oxygen atoms in total. The lowest BCUT2D eigenvalue weighted by molar-refractivity contribution is 0.0483. The zero-order chi connectivity index (χ0) is 15.3. The van der Waals surface area contributed by atoms with Gasteiger partial charge in [-0.25, -0.2) is 4.79 Å². The van der Waals surface area contributed by atoms with E-state index >= 15 is 0 Å². The minimum atomic E-state index is -0.580. The number of ether oxygens (including phenoxy) is 1. The van der Waals surface area contributed by atoms with Crippen molar-refractivity contribution in [2.24, 2.45) is 0 Å². The summed E-state index contributed by atoms with van der Waals surface area (Å²) >= 11 is 11.8. The third-order valence-electron chi connectivity index (χ3n) is 2.35. The number of rotatable bonds is 4. The molecule has 1 amide bonds. The van der Waals surface area contributed by atoms with E-state index in [1.54, 1.807) is 39.0 Å². The molecule has 0 radical (unpaired) electrons. The first-order valence-corrected chi connectivity index (χ1v) is 7.00. The van der Waals surface area contributed by atoms with Crippen LogP contribution in [0, 0.1) is 0 Å². The maximum atomic E-state index is 11.7. The Labute approximate surface area is 129 Å². The molecule has 0 bridgehead atoms. The summed E-state index contributed by atoms with van der Waals surface area (Å²) in [5, 5.41) is 13.0. The minimum absolute atomic E-state index is 0.205. The van der Waals surface area contributed by atoms with Crippen LogP contribution in [0.15, 0.2) is 18.2 Å². The Bertz CT molecular complexity index is 452. The predicted molar refractivity (Wildman–Crippen MR) is 80.4 cm³/mol. The molecule has 0 fully saturated rings. The molecule has 0 spiro atoms. The summed E-state index contributed by atoms with van der Waals surface area (Å²) < 4.78 is 5.14. The molecule has 20 heavy (non-hydrogen) atoms. The number of hydrogen-bond acceptors (Lipinski definition) is 3. The summed E-state index contributed by atoms with van der Waals surface area (Å²) in [5.74, 6) is 0. The molecule has 1 aromatic carbocycles. The third-order valence-corrected chi connectivity index (χ3v) is 2.78. The first-order valence-electron chi connectivity index (χ1n) is 6.25. The van der Waals surface area contributed by atoms with E-state index in [0.717, 1.165) is 5.56 Å². The van der Waals surface area contributed by atoms with Gasteiger partial charge in [0.2, 0.25) is 0 Å². The Balaban J connectivity index is 2.65. The molecule has 0 heterocycles. The van der Waals surface area contributed by atoms with Gasteiger partial charge in [0, 0.05) is 10.0 Å². The van der Waals surface area contributed by atoms with Gasteiger partial charge in [0.15, 0.2) is 0 Å². The van der Waals surface area contributed by atoms with Crippen molar-refractivity contribution in [2.75, 3.05) is 6.61 Å². The molecule has 0 saturated carbocycles. The largest absolute Gasteiger partial charge is 0.444 e. The maximum absolute atomic E-state index is 11.7. The Morgan fingerprint density at radius 1 is 1.30 bits per heavy atom. The minimum Gasteiger partial charge on any atom is -0.444 e. The number of alkyl carbamates (subject to hydrolysis) is 1. The fourth-order valence-corrected chi connectivity index (χ4v) is 2.22. The number of aliphatic hydroxyl groups is 1. The van der Waals surface area contributed by atoms with Gasteiger partial charge in [0.05, 0.1) is 12.6 Å². The third kappa shape index (κ3) is 6.46. The maximum Gasteiger partial charge on any atom is 0.407 e. The quantitative estimate of drug-likeness (QED) is 0.894. The van der Waals surface area contributed by atoms with Gasteiger partial charge in [0.1, 0.15) is 5.60 Å². The van der Waals surface area contributed by atoms with E-state index in [1.807, 2.05) is 0 Å². The van der Waals surface area contributed by atoms with Crippen molar-refractivity contribution in [3.63, 3.8) is 0 Å². The number of carbonyl (C=O) groups excluding carboxylic acids is 1. The van der Waals surface area contributed by atoms with Crippen LogP contribution in [0.25, 0.3) is 0 Å². The Morgan fingerprint density at radius 2 is 1.85 bits per heavy atom. The lowest BCUT2D eigenvalue weighted by Gasteiger charge is -2.22. The fraction of sp³-hybridized carbons (Fsp3) is 0.500. The molecule has 0 aliphatic heterocycles. The number of aliphatic hydroxyl groups excluding tert-OH is 1. The monoisotopic (exact) mass is 319 g/mol. The van der Waals surface area contributed by atoms with E-state index in [2.05, 4.69) is 5.32 Å². The lowest BCUT2D eigenvalue weighted by Crippen LogP contribution is -2.42. The Morgan fingerprint density at radius 3 is 2.30 bits per heavy atom. The zero-order valence-electron chi connectivity index (χ0n) is 11.7. The summed E-state index contributed by atoms with van der Waals surface area (Å²) in [4.78, 5) is 11.7. The van der Waals surface area contributed by atoms with E-state index in [0.29, 0.717) is 16.5 Å². The average molecular weight is 320 g/mol. The van der Waals surface area contributed by atoms with Crippen molar-refractivity contribution in [3.8, 4) is 0 Å². The molecule has 6 heteroatoms. The molecule has 0 aromatic heterocycles. The average Bonchev–Trinajstić information content (AvgIpc) is 2.23. The van der Waals surface area contributed by atoms with E-state index in [9.17, 15) is 9.90 Å². The van der Waals surface area contributed by atoms with Gasteiger partial charge in [0.25, 0.3) is 0 Å². The molecule has 0 aliphatic rings.